The van der Waals surface area contributed by atoms with Crippen LogP contribution in [0.25, 0.3) is 55.4 Å². The molecule has 0 saturated carbocycles. The van der Waals surface area contributed by atoms with Crippen LogP contribution in [0.3, 0.4) is 0 Å². The molecule has 0 unspecified atom stereocenters. The quantitative estimate of drug-likeness (QED) is 0.218. The molecular formula is C38H28. The first-order valence-electron chi connectivity index (χ1n) is 13.3. The number of hydrogen-bond acceptors (Lipinski definition) is 0. The molecule has 0 N–H and O–H groups in total. The van der Waals surface area contributed by atoms with E-state index in [0.717, 1.165) is 12.0 Å². The Kier molecular flexibility index (Phi) is 5.34. The first-order valence-corrected chi connectivity index (χ1v) is 13.3. The van der Waals surface area contributed by atoms with Gasteiger partial charge in [0.2, 0.25) is 0 Å². The highest BCUT2D eigenvalue weighted by Crippen LogP contribution is 2.45. The molecule has 0 fully saturated rings. The summed E-state index contributed by atoms with van der Waals surface area (Å²) in [5, 5.41) is 5.17. The highest BCUT2D eigenvalue weighted by molar-refractivity contribution is 6.08. The lowest BCUT2D eigenvalue weighted by Gasteiger charge is -2.11. The SMILES string of the molecule is C=C1c2ccccc2-c2ccc(C/C=C/c3cccc(-c4ccc5c(ccc6ccccc65)c4)c3)c(C)c21. The molecule has 0 nitrogen and oxygen atoms in total. The molecule has 0 spiro atoms. The molecule has 0 heteroatoms. The van der Waals surface area contributed by atoms with E-state index in [9.17, 15) is 0 Å². The fourth-order valence-electron chi connectivity index (χ4n) is 6.04. The van der Waals surface area contributed by atoms with Crippen molar-refractivity contribution in [1.29, 1.82) is 0 Å². The smallest absolute Gasteiger partial charge is 0.00728 e. The summed E-state index contributed by atoms with van der Waals surface area (Å²) in [6.45, 7) is 6.66. The fourth-order valence-corrected chi connectivity index (χ4v) is 6.04. The predicted molar refractivity (Wildman–Crippen MR) is 164 cm³/mol. The van der Waals surface area contributed by atoms with Crippen LogP contribution in [0.4, 0.5) is 0 Å². The maximum Gasteiger partial charge on any atom is -0.00728 e. The molecule has 38 heavy (non-hydrogen) atoms. The van der Waals surface area contributed by atoms with E-state index >= 15 is 0 Å². The van der Waals surface area contributed by atoms with E-state index in [1.54, 1.807) is 0 Å². The van der Waals surface area contributed by atoms with Gasteiger partial charge in [0.25, 0.3) is 0 Å². The summed E-state index contributed by atoms with van der Waals surface area (Å²) in [6, 6.07) is 41.8. The predicted octanol–water partition coefficient (Wildman–Crippen LogP) is 10.3. The molecule has 0 heterocycles. The van der Waals surface area contributed by atoms with Crippen molar-refractivity contribution in [2.24, 2.45) is 0 Å². The minimum Gasteiger partial charge on any atom is -0.0905 e. The monoisotopic (exact) mass is 484 g/mol. The molecular weight excluding hydrogens is 456 g/mol. The second kappa shape index (κ2) is 9.01. The van der Waals surface area contributed by atoms with Gasteiger partial charge in [-0.2, -0.15) is 0 Å². The van der Waals surface area contributed by atoms with E-state index in [0.29, 0.717) is 0 Å². The van der Waals surface area contributed by atoms with Crippen LogP contribution in [0.2, 0.25) is 0 Å². The Morgan fingerprint density at radius 1 is 0.605 bits per heavy atom. The van der Waals surface area contributed by atoms with Crippen LogP contribution in [0.15, 0.2) is 128 Å². The van der Waals surface area contributed by atoms with Gasteiger partial charge in [-0.3, -0.25) is 0 Å². The van der Waals surface area contributed by atoms with Crippen molar-refractivity contribution >= 4 is 33.2 Å². The summed E-state index contributed by atoms with van der Waals surface area (Å²) in [7, 11) is 0. The zero-order valence-corrected chi connectivity index (χ0v) is 21.5. The van der Waals surface area contributed by atoms with Crippen LogP contribution < -0.4 is 0 Å². The Balaban J connectivity index is 1.15. The lowest BCUT2D eigenvalue weighted by Crippen LogP contribution is -1.93. The standard InChI is InChI=1S/C38H28/c1-25-28(19-22-37-36-16-6-5-14-33(36)26(2)38(25)37)12-7-9-27-10-8-13-30(23-27)31-20-21-35-32(24-31)18-17-29-11-3-4-15-34(29)35/h3-11,13-24H,2,12H2,1H3/b9-7+. The Bertz CT molecular complexity index is 1920. The molecule has 6 aromatic carbocycles. The molecule has 180 valence electrons. The number of fused-ring (bicyclic) bond motifs is 6. The van der Waals surface area contributed by atoms with Gasteiger partial charge in [-0.05, 0) is 103 Å². The van der Waals surface area contributed by atoms with Gasteiger partial charge in [0, 0.05) is 0 Å². The first kappa shape index (κ1) is 22.5. The maximum absolute atomic E-state index is 4.42. The van der Waals surface area contributed by atoms with Gasteiger partial charge in [-0.1, -0.05) is 122 Å². The molecule has 0 bridgehead atoms. The van der Waals surface area contributed by atoms with Crippen molar-refractivity contribution in [3.05, 3.63) is 156 Å². The average Bonchev–Trinajstić information content (AvgIpc) is 3.26. The van der Waals surface area contributed by atoms with Crippen LogP contribution >= 0.6 is 0 Å². The molecule has 1 aliphatic rings. The molecule has 0 atom stereocenters. The van der Waals surface area contributed by atoms with Crippen LogP contribution in [0, 0.1) is 6.92 Å². The number of benzene rings is 6. The molecule has 0 radical (unpaired) electrons. The zero-order chi connectivity index (χ0) is 25.6. The van der Waals surface area contributed by atoms with Crippen molar-refractivity contribution in [2.75, 3.05) is 0 Å². The summed E-state index contributed by atoms with van der Waals surface area (Å²) < 4.78 is 0. The van der Waals surface area contributed by atoms with E-state index in [4.69, 9.17) is 0 Å². The minimum atomic E-state index is 0.899. The number of rotatable bonds is 4. The average molecular weight is 485 g/mol. The van der Waals surface area contributed by atoms with Gasteiger partial charge >= 0.3 is 0 Å². The van der Waals surface area contributed by atoms with Gasteiger partial charge < -0.3 is 0 Å². The van der Waals surface area contributed by atoms with Crippen LogP contribution in [-0.2, 0) is 6.42 Å². The molecule has 0 amide bonds. The van der Waals surface area contributed by atoms with Gasteiger partial charge in [-0.15, -0.1) is 0 Å². The topological polar surface area (TPSA) is 0 Å². The molecule has 0 aliphatic heterocycles. The Labute approximate surface area is 224 Å². The van der Waals surface area contributed by atoms with Crippen molar-refractivity contribution in [2.45, 2.75) is 13.3 Å². The highest BCUT2D eigenvalue weighted by atomic mass is 14.3. The lowest BCUT2D eigenvalue weighted by molar-refractivity contribution is 1.21. The van der Waals surface area contributed by atoms with Crippen molar-refractivity contribution in [3.63, 3.8) is 0 Å². The van der Waals surface area contributed by atoms with Crippen LogP contribution in [-0.4, -0.2) is 0 Å². The van der Waals surface area contributed by atoms with Gasteiger partial charge in [0.15, 0.2) is 0 Å². The Morgan fingerprint density at radius 2 is 1.37 bits per heavy atom. The summed E-state index contributed by atoms with van der Waals surface area (Å²) in [4.78, 5) is 0. The van der Waals surface area contributed by atoms with Crippen LogP contribution in [0.1, 0.15) is 27.8 Å². The van der Waals surface area contributed by atoms with Gasteiger partial charge in [0.05, 0.1) is 0 Å². The van der Waals surface area contributed by atoms with Gasteiger partial charge in [-0.25, -0.2) is 0 Å². The van der Waals surface area contributed by atoms with E-state index in [2.05, 4.69) is 141 Å². The second-order valence-corrected chi connectivity index (χ2v) is 10.3. The Morgan fingerprint density at radius 3 is 2.29 bits per heavy atom. The molecule has 1 aliphatic carbocycles. The lowest BCUT2D eigenvalue weighted by atomic mass is 9.93. The molecule has 0 aromatic heterocycles. The number of hydrogen-bond donors (Lipinski definition) is 0. The third-order valence-corrected chi connectivity index (χ3v) is 8.03. The zero-order valence-electron chi connectivity index (χ0n) is 21.5. The normalized spacial score (nSPS) is 12.4. The number of allylic oxidation sites excluding steroid dienone is 1. The third-order valence-electron chi connectivity index (χ3n) is 8.03. The molecule has 7 rings (SSSR count). The summed E-state index contributed by atoms with van der Waals surface area (Å²) >= 11 is 0. The minimum absolute atomic E-state index is 0.899. The van der Waals surface area contributed by atoms with Crippen LogP contribution in [0.5, 0.6) is 0 Å². The largest absolute Gasteiger partial charge is 0.0905 e. The molecule has 0 saturated heterocycles. The van der Waals surface area contributed by atoms with Crippen molar-refractivity contribution < 1.29 is 0 Å². The van der Waals surface area contributed by atoms with Crippen molar-refractivity contribution in [1.82, 2.24) is 0 Å². The van der Waals surface area contributed by atoms with E-state index in [-0.39, 0.29) is 0 Å². The Hall–Kier alpha value is -4.68. The fraction of sp³-hybridized carbons (Fsp3) is 0.0526. The van der Waals surface area contributed by atoms with Gasteiger partial charge in [0.1, 0.15) is 0 Å². The van der Waals surface area contributed by atoms with Crippen molar-refractivity contribution in [3.8, 4) is 22.3 Å². The molecule has 6 aromatic rings. The van der Waals surface area contributed by atoms with E-state index in [1.165, 1.54) is 71.6 Å². The van der Waals surface area contributed by atoms with E-state index < -0.39 is 0 Å². The second-order valence-electron chi connectivity index (χ2n) is 10.3. The van der Waals surface area contributed by atoms with E-state index in [1.807, 2.05) is 0 Å². The summed E-state index contributed by atoms with van der Waals surface area (Å²) in [5.41, 5.74) is 12.7. The maximum atomic E-state index is 4.42. The summed E-state index contributed by atoms with van der Waals surface area (Å²) in [5.74, 6) is 0. The first-order chi connectivity index (χ1) is 18.7. The third kappa shape index (κ3) is 3.69. The highest BCUT2D eigenvalue weighted by Gasteiger charge is 2.23. The summed E-state index contributed by atoms with van der Waals surface area (Å²) in [6.07, 6.45) is 5.43.